The van der Waals surface area contributed by atoms with Gasteiger partial charge in [-0.1, -0.05) is 65.5 Å². The van der Waals surface area contributed by atoms with Crippen molar-refractivity contribution in [3.63, 3.8) is 0 Å². The van der Waals surface area contributed by atoms with Crippen LogP contribution in [0.1, 0.15) is 37.0 Å². The highest BCUT2D eigenvalue weighted by Gasteiger charge is 2.37. The first-order valence-corrected chi connectivity index (χ1v) is 15.6. The summed E-state index contributed by atoms with van der Waals surface area (Å²) < 4.78 is 69.6. The summed E-state index contributed by atoms with van der Waals surface area (Å²) >= 11 is 18.0. The van der Waals surface area contributed by atoms with Crippen molar-refractivity contribution in [2.45, 2.75) is 50.9 Å². The van der Waals surface area contributed by atoms with Crippen LogP contribution in [0, 0.1) is 6.92 Å². The first kappa shape index (κ1) is 34.5. The zero-order chi connectivity index (χ0) is 32.1. The predicted octanol–water partition coefficient (Wildman–Crippen LogP) is 7.11. The summed E-state index contributed by atoms with van der Waals surface area (Å²) in [5, 5.41) is 2.51. The van der Waals surface area contributed by atoms with Crippen molar-refractivity contribution < 1.29 is 31.2 Å². The third-order valence-corrected chi connectivity index (χ3v) is 9.34. The fourth-order valence-corrected chi connectivity index (χ4v) is 6.02. The summed E-state index contributed by atoms with van der Waals surface area (Å²) in [6.45, 7) is 4.27. The minimum Gasteiger partial charge on any atom is -0.354 e. The van der Waals surface area contributed by atoms with Crippen molar-refractivity contribution in [1.82, 2.24) is 10.2 Å². The van der Waals surface area contributed by atoms with Crippen LogP contribution in [-0.4, -0.2) is 44.3 Å². The van der Waals surface area contributed by atoms with Gasteiger partial charge >= 0.3 is 6.18 Å². The second-order valence-corrected chi connectivity index (χ2v) is 12.8. The quantitative estimate of drug-likeness (QED) is 0.234. The largest absolute Gasteiger partial charge is 0.417 e. The molecule has 232 valence electrons. The normalized spacial score (nSPS) is 12.5. The van der Waals surface area contributed by atoms with Gasteiger partial charge in [0.2, 0.25) is 11.8 Å². The highest BCUT2D eigenvalue weighted by atomic mass is 35.5. The Morgan fingerprint density at radius 1 is 0.930 bits per heavy atom. The van der Waals surface area contributed by atoms with Gasteiger partial charge in [0, 0.05) is 13.1 Å². The molecular formula is C29H29Cl3F3N3O4S. The minimum absolute atomic E-state index is 0.177. The number of nitrogens with zero attached hydrogens (tertiary/aromatic N) is 2. The summed E-state index contributed by atoms with van der Waals surface area (Å²) in [4.78, 5) is 27.7. The maximum atomic E-state index is 13.9. The topological polar surface area (TPSA) is 86.8 Å². The Hall–Kier alpha value is -2.99. The molecule has 7 nitrogen and oxygen atoms in total. The van der Waals surface area contributed by atoms with Gasteiger partial charge in [-0.15, -0.1) is 0 Å². The molecule has 43 heavy (non-hydrogen) atoms. The fourth-order valence-electron chi connectivity index (χ4n) is 4.07. The van der Waals surface area contributed by atoms with Gasteiger partial charge in [0.1, 0.15) is 12.6 Å². The number of nitrogens with one attached hydrogen (secondary N) is 1. The van der Waals surface area contributed by atoms with E-state index in [2.05, 4.69) is 5.32 Å². The molecule has 0 fully saturated rings. The van der Waals surface area contributed by atoms with Gasteiger partial charge in [-0.25, -0.2) is 8.42 Å². The molecule has 0 aliphatic carbocycles. The summed E-state index contributed by atoms with van der Waals surface area (Å²) in [6, 6.07) is 11.7. The van der Waals surface area contributed by atoms with Crippen LogP contribution >= 0.6 is 34.8 Å². The first-order chi connectivity index (χ1) is 20.1. The Morgan fingerprint density at radius 2 is 1.56 bits per heavy atom. The van der Waals surface area contributed by atoms with Gasteiger partial charge in [0.05, 0.1) is 31.2 Å². The zero-order valence-corrected chi connectivity index (χ0v) is 26.5. The number of sulfonamides is 1. The molecule has 3 rings (SSSR count). The molecule has 0 radical (unpaired) electrons. The maximum Gasteiger partial charge on any atom is 0.417 e. The van der Waals surface area contributed by atoms with Gasteiger partial charge < -0.3 is 10.2 Å². The van der Waals surface area contributed by atoms with E-state index in [4.69, 9.17) is 34.8 Å². The molecule has 14 heteroatoms. The van der Waals surface area contributed by atoms with E-state index >= 15 is 0 Å². The van der Waals surface area contributed by atoms with E-state index in [1.165, 1.54) is 43.3 Å². The van der Waals surface area contributed by atoms with E-state index in [-0.39, 0.29) is 21.5 Å². The van der Waals surface area contributed by atoms with Gasteiger partial charge in [-0.2, -0.15) is 13.2 Å². The monoisotopic (exact) mass is 677 g/mol. The third kappa shape index (κ3) is 8.56. The maximum absolute atomic E-state index is 13.9. The Morgan fingerprint density at radius 3 is 2.14 bits per heavy atom. The van der Waals surface area contributed by atoms with Gasteiger partial charge in [-0.05, 0) is 68.3 Å². The molecule has 0 heterocycles. The van der Waals surface area contributed by atoms with Gasteiger partial charge in [0.15, 0.2) is 0 Å². The van der Waals surface area contributed by atoms with Crippen LogP contribution in [-0.2, 0) is 32.3 Å². The van der Waals surface area contributed by atoms with Crippen molar-refractivity contribution in [2.75, 3.05) is 17.4 Å². The molecule has 0 saturated carbocycles. The molecule has 1 atom stereocenters. The smallest absolute Gasteiger partial charge is 0.354 e. The average molecular weight is 679 g/mol. The molecule has 0 aliphatic heterocycles. The lowest BCUT2D eigenvalue weighted by atomic mass is 10.1. The van der Waals surface area contributed by atoms with E-state index in [0.717, 1.165) is 22.6 Å². The molecule has 0 aliphatic rings. The van der Waals surface area contributed by atoms with Crippen LogP contribution in [0.3, 0.4) is 0 Å². The Bertz CT molecular complexity index is 1590. The Balaban J connectivity index is 2.12. The molecule has 0 saturated heterocycles. The molecular weight excluding hydrogens is 650 g/mol. The van der Waals surface area contributed by atoms with Crippen LogP contribution in [0.5, 0.6) is 0 Å². The number of aryl methyl sites for hydroxylation is 1. The van der Waals surface area contributed by atoms with E-state index < -0.39 is 56.9 Å². The second kappa shape index (κ2) is 14.2. The summed E-state index contributed by atoms with van der Waals surface area (Å²) in [5.74, 6) is -1.36. The molecule has 0 aromatic heterocycles. The number of hydrogen-bond donors (Lipinski definition) is 1. The second-order valence-electron chi connectivity index (χ2n) is 9.72. The van der Waals surface area contributed by atoms with Crippen molar-refractivity contribution in [1.29, 1.82) is 0 Å². The van der Waals surface area contributed by atoms with E-state index in [1.807, 2.05) is 6.92 Å². The first-order valence-electron chi connectivity index (χ1n) is 13.0. The van der Waals surface area contributed by atoms with Crippen LogP contribution in [0.25, 0.3) is 0 Å². The van der Waals surface area contributed by atoms with Crippen molar-refractivity contribution in [3.05, 3.63) is 92.4 Å². The lowest BCUT2D eigenvalue weighted by molar-refractivity contribution is -0.139. The van der Waals surface area contributed by atoms with Crippen molar-refractivity contribution in [2.24, 2.45) is 0 Å². The standard InChI is InChI=1S/C29H29Cl3F3N3O4S/c1-4-13-36-28(40)19(3)37(16-20-7-11-25(31)26(32)14-20)27(39)17-38(43(41,42)22-9-5-18(2)6-10-22)21-8-12-24(30)23(15-21)29(33,34)35/h5-12,14-15,19H,4,13,16-17H2,1-3H3,(H,36,40)/t19-/m0/s1. The highest BCUT2D eigenvalue weighted by Crippen LogP contribution is 2.38. The lowest BCUT2D eigenvalue weighted by Crippen LogP contribution is -2.51. The number of halogens is 6. The fraction of sp³-hybridized carbons (Fsp3) is 0.310. The molecule has 1 N–H and O–H groups in total. The highest BCUT2D eigenvalue weighted by molar-refractivity contribution is 7.92. The molecule has 0 spiro atoms. The van der Waals surface area contributed by atoms with Gasteiger partial charge in [0.25, 0.3) is 10.0 Å². The predicted molar refractivity (Wildman–Crippen MR) is 162 cm³/mol. The molecule has 0 unspecified atom stereocenters. The van der Waals surface area contributed by atoms with E-state index in [0.29, 0.717) is 28.9 Å². The van der Waals surface area contributed by atoms with E-state index in [9.17, 15) is 31.2 Å². The number of carbonyl (C=O) groups is 2. The van der Waals surface area contributed by atoms with Crippen molar-refractivity contribution >= 4 is 62.3 Å². The van der Waals surface area contributed by atoms with Crippen LogP contribution in [0.2, 0.25) is 15.1 Å². The molecule has 0 bridgehead atoms. The van der Waals surface area contributed by atoms with E-state index in [1.54, 1.807) is 13.0 Å². The Labute approximate surface area is 263 Å². The van der Waals surface area contributed by atoms with Crippen LogP contribution < -0.4 is 9.62 Å². The van der Waals surface area contributed by atoms with Crippen molar-refractivity contribution in [3.8, 4) is 0 Å². The lowest BCUT2D eigenvalue weighted by Gasteiger charge is -2.32. The zero-order valence-electron chi connectivity index (χ0n) is 23.4. The van der Waals surface area contributed by atoms with Crippen LogP contribution in [0.4, 0.5) is 18.9 Å². The number of carbonyl (C=O) groups excluding carboxylic acids is 2. The summed E-state index contributed by atoms with van der Waals surface area (Å²) in [5.41, 5.74) is -0.491. The van der Waals surface area contributed by atoms with Gasteiger partial charge in [-0.3, -0.25) is 13.9 Å². The summed E-state index contributed by atoms with van der Waals surface area (Å²) in [7, 11) is -4.58. The average Bonchev–Trinajstić information content (AvgIpc) is 2.94. The molecule has 3 aromatic rings. The molecule has 3 aromatic carbocycles. The molecule has 2 amide bonds. The number of rotatable bonds is 11. The number of hydrogen-bond acceptors (Lipinski definition) is 4. The van der Waals surface area contributed by atoms with Crippen LogP contribution in [0.15, 0.2) is 65.6 Å². The summed E-state index contributed by atoms with van der Waals surface area (Å²) in [6.07, 6.45) is -4.28. The number of amides is 2. The number of anilines is 1. The Kier molecular flexibility index (Phi) is 11.4. The minimum atomic E-state index is -4.90. The number of benzene rings is 3. The third-order valence-electron chi connectivity index (χ3n) is 6.48. The SMILES string of the molecule is CCCNC(=O)[C@H](C)N(Cc1ccc(Cl)c(Cl)c1)C(=O)CN(c1ccc(Cl)c(C(F)(F)F)c1)S(=O)(=O)c1ccc(C)cc1. The number of alkyl halides is 3.